The molecule has 0 spiro atoms. The van der Waals surface area contributed by atoms with Gasteiger partial charge in [0.05, 0.1) is 25.4 Å². The predicted molar refractivity (Wildman–Crippen MR) is 273 cm³/mol. The number of nitrogens with one attached hydrogen (secondary N) is 1. The van der Waals surface area contributed by atoms with E-state index in [-0.39, 0.29) is 18.5 Å². The first-order chi connectivity index (χ1) is 31.0. The number of aliphatic hydroxyl groups excluding tert-OH is 2. The Bertz CT molecular complexity index is 982. The molecule has 0 rings (SSSR count). The third-order valence-electron chi connectivity index (χ3n) is 13.0. The van der Waals surface area contributed by atoms with Gasteiger partial charge in [0.15, 0.2) is 0 Å². The number of unbranched alkanes of at least 4 members (excludes halogenated alkanes) is 39. The lowest BCUT2D eigenvalue weighted by molar-refractivity contribution is -0.143. The van der Waals surface area contributed by atoms with E-state index in [0.29, 0.717) is 19.4 Å². The maximum absolute atomic E-state index is 12.4. The monoisotopic (exact) mass is 888 g/mol. The summed E-state index contributed by atoms with van der Waals surface area (Å²) < 4.78 is 5.46. The lowest BCUT2D eigenvalue weighted by Gasteiger charge is -2.20. The number of amides is 1. The molecule has 0 aromatic carbocycles. The van der Waals surface area contributed by atoms with Crippen molar-refractivity contribution >= 4 is 11.9 Å². The lowest BCUT2D eigenvalue weighted by Crippen LogP contribution is -2.45. The number of carbonyl (C=O) groups excluding carboxylic acids is 2. The zero-order valence-electron chi connectivity index (χ0n) is 42.3. The standard InChI is InChI=1S/C57H109NO5/c1-3-5-7-9-11-13-15-26-30-33-37-41-45-49-55(60)54(53-59)58-56(61)50-46-42-38-34-31-27-24-22-20-18-16-17-19-21-23-25-28-32-36-40-44-48-52-63-57(62)51-47-43-39-35-29-14-12-10-8-6-4-2/h18,20,45,49,54-55,59-60H,3-17,19,21-44,46-48,50-53H2,1-2H3,(H,58,61)/b20-18-,49-45+. The maximum atomic E-state index is 12.4. The van der Waals surface area contributed by atoms with E-state index in [1.54, 1.807) is 6.08 Å². The summed E-state index contributed by atoms with van der Waals surface area (Å²) in [7, 11) is 0. The van der Waals surface area contributed by atoms with Crippen LogP contribution in [-0.2, 0) is 14.3 Å². The van der Waals surface area contributed by atoms with Crippen LogP contribution in [0.3, 0.4) is 0 Å². The van der Waals surface area contributed by atoms with Crippen LogP contribution in [0.4, 0.5) is 0 Å². The Kier molecular flexibility index (Phi) is 51.6. The molecule has 2 atom stereocenters. The molecule has 63 heavy (non-hydrogen) atoms. The zero-order chi connectivity index (χ0) is 45.8. The molecule has 1 amide bonds. The Morgan fingerprint density at radius 2 is 0.746 bits per heavy atom. The van der Waals surface area contributed by atoms with Crippen LogP contribution in [0.15, 0.2) is 24.3 Å². The van der Waals surface area contributed by atoms with Gasteiger partial charge in [0.2, 0.25) is 5.91 Å². The molecule has 0 aliphatic heterocycles. The van der Waals surface area contributed by atoms with Crippen LogP contribution < -0.4 is 5.32 Å². The summed E-state index contributed by atoms with van der Waals surface area (Å²) in [6.07, 6.45) is 63.4. The van der Waals surface area contributed by atoms with Crippen LogP contribution in [0.5, 0.6) is 0 Å². The fourth-order valence-electron chi connectivity index (χ4n) is 8.63. The molecule has 6 heteroatoms. The number of allylic oxidation sites excluding steroid dienone is 3. The van der Waals surface area contributed by atoms with Gasteiger partial charge >= 0.3 is 5.97 Å². The summed E-state index contributed by atoms with van der Waals surface area (Å²) in [5, 5.41) is 23.0. The Balaban J connectivity index is 3.44. The third kappa shape index (κ3) is 49.6. The summed E-state index contributed by atoms with van der Waals surface area (Å²) >= 11 is 0. The third-order valence-corrected chi connectivity index (χ3v) is 13.0. The summed E-state index contributed by atoms with van der Waals surface area (Å²) in [4.78, 5) is 24.4. The number of aliphatic hydroxyl groups is 2. The van der Waals surface area contributed by atoms with E-state index in [9.17, 15) is 19.8 Å². The lowest BCUT2D eigenvalue weighted by atomic mass is 10.0. The molecule has 0 aliphatic carbocycles. The second-order valence-corrected chi connectivity index (χ2v) is 19.3. The van der Waals surface area contributed by atoms with E-state index in [2.05, 4.69) is 31.3 Å². The Morgan fingerprint density at radius 1 is 0.429 bits per heavy atom. The van der Waals surface area contributed by atoms with E-state index in [0.717, 1.165) is 44.9 Å². The Labute approximate surface area is 392 Å². The van der Waals surface area contributed by atoms with Crippen molar-refractivity contribution in [2.24, 2.45) is 0 Å². The molecule has 0 fully saturated rings. The predicted octanol–water partition coefficient (Wildman–Crippen LogP) is 17.1. The van der Waals surface area contributed by atoms with Crippen LogP contribution >= 0.6 is 0 Å². The highest BCUT2D eigenvalue weighted by Crippen LogP contribution is 2.16. The minimum Gasteiger partial charge on any atom is -0.466 e. The number of ether oxygens (including phenoxy) is 1. The van der Waals surface area contributed by atoms with Crippen molar-refractivity contribution in [2.75, 3.05) is 13.2 Å². The molecule has 0 aliphatic rings. The molecule has 0 radical (unpaired) electrons. The van der Waals surface area contributed by atoms with Crippen molar-refractivity contribution in [3.63, 3.8) is 0 Å². The minimum atomic E-state index is -0.847. The van der Waals surface area contributed by atoms with Crippen LogP contribution in [0.25, 0.3) is 0 Å². The molecule has 2 unspecified atom stereocenters. The molecule has 0 heterocycles. The molecular weight excluding hydrogens is 779 g/mol. The molecule has 0 bridgehead atoms. The highest BCUT2D eigenvalue weighted by molar-refractivity contribution is 5.76. The molecule has 0 saturated carbocycles. The van der Waals surface area contributed by atoms with E-state index in [1.165, 1.54) is 231 Å². The van der Waals surface area contributed by atoms with E-state index in [1.807, 2.05) is 6.08 Å². The number of esters is 1. The van der Waals surface area contributed by atoms with Crippen molar-refractivity contribution in [1.29, 1.82) is 0 Å². The van der Waals surface area contributed by atoms with Crippen LogP contribution in [0, 0.1) is 0 Å². The highest BCUT2D eigenvalue weighted by atomic mass is 16.5. The van der Waals surface area contributed by atoms with Crippen LogP contribution in [-0.4, -0.2) is 47.4 Å². The largest absolute Gasteiger partial charge is 0.466 e. The molecule has 6 nitrogen and oxygen atoms in total. The van der Waals surface area contributed by atoms with Crippen molar-refractivity contribution in [3.05, 3.63) is 24.3 Å². The molecule has 0 aromatic heterocycles. The second kappa shape index (κ2) is 53.0. The fraction of sp³-hybridized carbons (Fsp3) is 0.895. The smallest absolute Gasteiger partial charge is 0.305 e. The first-order valence-corrected chi connectivity index (χ1v) is 28.1. The van der Waals surface area contributed by atoms with Crippen molar-refractivity contribution in [1.82, 2.24) is 5.32 Å². The van der Waals surface area contributed by atoms with Gasteiger partial charge in [-0.15, -0.1) is 0 Å². The molecular formula is C57H109NO5. The first kappa shape index (κ1) is 61.3. The van der Waals surface area contributed by atoms with Gasteiger partial charge in [-0.2, -0.15) is 0 Å². The normalized spacial score (nSPS) is 12.8. The number of hydrogen-bond acceptors (Lipinski definition) is 5. The summed E-state index contributed by atoms with van der Waals surface area (Å²) in [5.74, 6) is -0.0659. The van der Waals surface area contributed by atoms with Gasteiger partial charge in [-0.1, -0.05) is 256 Å². The maximum Gasteiger partial charge on any atom is 0.305 e. The van der Waals surface area contributed by atoms with Gasteiger partial charge in [-0.3, -0.25) is 9.59 Å². The zero-order valence-corrected chi connectivity index (χ0v) is 42.3. The van der Waals surface area contributed by atoms with E-state index >= 15 is 0 Å². The summed E-state index contributed by atoms with van der Waals surface area (Å²) in [5.41, 5.74) is 0. The van der Waals surface area contributed by atoms with Crippen molar-refractivity contribution < 1.29 is 24.5 Å². The summed E-state index contributed by atoms with van der Waals surface area (Å²) in [6.45, 7) is 4.89. The van der Waals surface area contributed by atoms with Gasteiger partial charge in [0, 0.05) is 12.8 Å². The summed E-state index contributed by atoms with van der Waals surface area (Å²) in [6, 6.07) is -0.631. The second-order valence-electron chi connectivity index (χ2n) is 19.3. The van der Waals surface area contributed by atoms with Gasteiger partial charge in [-0.25, -0.2) is 0 Å². The minimum absolute atomic E-state index is 0.00891. The van der Waals surface area contributed by atoms with Crippen molar-refractivity contribution in [3.8, 4) is 0 Å². The molecule has 0 aromatic rings. The van der Waals surface area contributed by atoms with E-state index < -0.39 is 12.1 Å². The molecule has 3 N–H and O–H groups in total. The van der Waals surface area contributed by atoms with Crippen molar-refractivity contribution in [2.45, 2.75) is 315 Å². The highest BCUT2D eigenvalue weighted by Gasteiger charge is 2.18. The van der Waals surface area contributed by atoms with Crippen LogP contribution in [0.1, 0.15) is 303 Å². The topological polar surface area (TPSA) is 95.9 Å². The van der Waals surface area contributed by atoms with Gasteiger partial charge < -0.3 is 20.3 Å². The average molecular weight is 889 g/mol. The first-order valence-electron chi connectivity index (χ1n) is 28.1. The van der Waals surface area contributed by atoms with Gasteiger partial charge in [0.25, 0.3) is 0 Å². The SMILES string of the molecule is CCCCCCCCCCCCC/C=C/C(O)C(CO)NC(=O)CCCCCCCCC/C=C\CCCCCCCCCCCCCOC(=O)CCCCCCCCCCCCC. The molecule has 0 saturated heterocycles. The van der Waals surface area contributed by atoms with E-state index in [4.69, 9.17) is 4.74 Å². The van der Waals surface area contributed by atoms with Gasteiger partial charge in [0.1, 0.15) is 0 Å². The number of carbonyl (C=O) groups is 2. The number of hydrogen-bond donors (Lipinski definition) is 3. The Hall–Kier alpha value is -1.66. The van der Waals surface area contributed by atoms with Gasteiger partial charge in [-0.05, 0) is 57.8 Å². The fourth-order valence-corrected chi connectivity index (χ4v) is 8.63. The Morgan fingerprint density at radius 3 is 1.13 bits per heavy atom. The number of rotatable bonds is 52. The van der Waals surface area contributed by atoms with Crippen LogP contribution in [0.2, 0.25) is 0 Å². The molecule has 372 valence electrons. The quantitative estimate of drug-likeness (QED) is 0.0321. The average Bonchev–Trinajstić information content (AvgIpc) is 3.28.